The minimum atomic E-state index is -4.03. The van der Waals surface area contributed by atoms with Crippen LogP contribution in [-0.4, -0.2) is 80.5 Å². The van der Waals surface area contributed by atoms with E-state index >= 15 is 0 Å². The van der Waals surface area contributed by atoms with Gasteiger partial charge in [0, 0.05) is 39.3 Å². The van der Waals surface area contributed by atoms with Gasteiger partial charge in [-0.2, -0.15) is 0 Å². The lowest BCUT2D eigenvalue weighted by Crippen LogP contribution is -2.53. The Hall–Kier alpha value is -4.55. The highest BCUT2D eigenvalue weighted by molar-refractivity contribution is 7.92. The second-order valence-corrected chi connectivity index (χ2v) is 12.8. The van der Waals surface area contributed by atoms with Crippen molar-refractivity contribution in [1.29, 1.82) is 0 Å². The number of carbonyl (C=O) groups is 3. The number of fused-ring (bicyclic) bond motifs is 1. The van der Waals surface area contributed by atoms with E-state index in [1.807, 2.05) is 30.3 Å². The monoisotopic (exact) mass is 617 g/mol. The lowest BCUT2D eigenvalue weighted by atomic mass is 9.91. The Labute approximate surface area is 255 Å². The van der Waals surface area contributed by atoms with E-state index < -0.39 is 32.9 Å². The van der Waals surface area contributed by atoms with Crippen molar-refractivity contribution in [3.8, 4) is 0 Å². The quantitative estimate of drug-likeness (QED) is 0.205. The summed E-state index contributed by atoms with van der Waals surface area (Å²) in [6.07, 6.45) is 0.173. The van der Waals surface area contributed by atoms with Crippen LogP contribution in [0.5, 0.6) is 0 Å². The number of ketones is 1. The van der Waals surface area contributed by atoms with E-state index in [-0.39, 0.29) is 36.9 Å². The van der Waals surface area contributed by atoms with Crippen LogP contribution < -0.4 is 16.0 Å². The van der Waals surface area contributed by atoms with Crippen molar-refractivity contribution in [1.82, 2.24) is 25.8 Å². The maximum atomic E-state index is 13.6. The minimum Gasteiger partial charge on any atom is -0.434 e. The van der Waals surface area contributed by atoms with Crippen molar-refractivity contribution in [2.75, 3.05) is 39.3 Å². The fourth-order valence-electron chi connectivity index (χ4n) is 5.16. The minimum absolute atomic E-state index is 0.00740. The second-order valence-electron chi connectivity index (χ2n) is 10.6. The number of nitrogens with one attached hydrogen (secondary N) is 3. The Morgan fingerprint density at radius 3 is 2.25 bits per heavy atom. The SMILES string of the molecule is O=C(c1nc2ccccc2o1)C(CCNC(=O)C(CNC(=O)N1CCNCC1)S(=O)(=O)Cc1ccccc1)c1ccccc1. The normalized spacial score (nSPS) is 15.0. The number of piperazine rings is 1. The molecule has 0 saturated carbocycles. The Bertz CT molecular complexity index is 1650. The molecule has 2 heterocycles. The number of hydrogen-bond donors (Lipinski definition) is 3. The summed E-state index contributed by atoms with van der Waals surface area (Å²) in [5, 5.41) is 6.99. The Morgan fingerprint density at radius 2 is 1.55 bits per heavy atom. The summed E-state index contributed by atoms with van der Waals surface area (Å²) in [5.74, 6) is -2.19. The number of para-hydroxylation sites is 2. The summed E-state index contributed by atoms with van der Waals surface area (Å²) in [6.45, 7) is 1.85. The molecule has 4 aromatic rings. The molecule has 0 aliphatic carbocycles. The van der Waals surface area contributed by atoms with Gasteiger partial charge in [-0.1, -0.05) is 72.8 Å². The first-order valence-corrected chi connectivity index (χ1v) is 16.2. The number of hydrogen-bond acceptors (Lipinski definition) is 8. The molecule has 230 valence electrons. The second kappa shape index (κ2) is 14.3. The molecule has 1 fully saturated rings. The van der Waals surface area contributed by atoms with E-state index in [0.717, 1.165) is 0 Å². The van der Waals surface area contributed by atoms with E-state index in [2.05, 4.69) is 20.9 Å². The molecule has 12 heteroatoms. The summed E-state index contributed by atoms with van der Waals surface area (Å²) in [7, 11) is -4.03. The maximum absolute atomic E-state index is 13.6. The average Bonchev–Trinajstić information content (AvgIpc) is 3.48. The number of urea groups is 1. The lowest BCUT2D eigenvalue weighted by Gasteiger charge is -2.28. The number of aromatic nitrogens is 1. The van der Waals surface area contributed by atoms with Crippen molar-refractivity contribution >= 4 is 38.7 Å². The first kappa shape index (κ1) is 30.9. The highest BCUT2D eigenvalue weighted by Gasteiger charge is 2.34. The van der Waals surface area contributed by atoms with Crippen molar-refractivity contribution in [3.63, 3.8) is 0 Å². The molecule has 3 aromatic carbocycles. The Morgan fingerprint density at radius 1 is 0.886 bits per heavy atom. The van der Waals surface area contributed by atoms with Crippen molar-refractivity contribution in [3.05, 3.63) is 102 Å². The Balaban J connectivity index is 1.30. The number of rotatable bonds is 12. The zero-order valence-corrected chi connectivity index (χ0v) is 25.0. The maximum Gasteiger partial charge on any atom is 0.317 e. The third-order valence-corrected chi connectivity index (χ3v) is 9.52. The van der Waals surface area contributed by atoms with Crippen LogP contribution in [-0.2, 0) is 20.4 Å². The number of nitrogens with zero attached hydrogens (tertiary/aromatic N) is 2. The zero-order valence-electron chi connectivity index (χ0n) is 24.1. The van der Waals surface area contributed by atoms with Gasteiger partial charge < -0.3 is 25.3 Å². The van der Waals surface area contributed by atoms with Crippen molar-refractivity contribution in [2.45, 2.75) is 23.3 Å². The molecule has 1 aromatic heterocycles. The summed E-state index contributed by atoms with van der Waals surface area (Å²) < 4.78 is 32.8. The van der Waals surface area contributed by atoms with Gasteiger partial charge >= 0.3 is 6.03 Å². The predicted octanol–water partition coefficient (Wildman–Crippen LogP) is 2.90. The number of benzene rings is 3. The first-order chi connectivity index (χ1) is 21.3. The van der Waals surface area contributed by atoms with Gasteiger partial charge in [0.2, 0.25) is 11.7 Å². The first-order valence-electron chi connectivity index (χ1n) is 14.5. The molecule has 0 spiro atoms. The van der Waals surface area contributed by atoms with Gasteiger partial charge in [-0.25, -0.2) is 18.2 Å². The van der Waals surface area contributed by atoms with Crippen LogP contribution in [0.2, 0.25) is 0 Å². The third kappa shape index (κ3) is 7.69. The standard InChI is InChI=1S/C32H35N5O6S/c38-29(31-36-26-13-7-8-14-27(26)43-31)25(24-11-5-2-6-12-24)15-16-34-30(39)28(21-35-32(40)37-19-17-33-18-20-37)44(41,42)22-23-9-3-1-4-10-23/h1-14,25,28,33H,15-22H2,(H,34,39)(H,35,40). The Kier molecular flexibility index (Phi) is 10.0. The van der Waals surface area contributed by atoms with Gasteiger partial charge in [-0.05, 0) is 29.7 Å². The van der Waals surface area contributed by atoms with Crippen LogP contribution in [0, 0.1) is 0 Å². The van der Waals surface area contributed by atoms with Crippen LogP contribution in [0.1, 0.15) is 34.2 Å². The molecule has 0 radical (unpaired) electrons. The molecule has 1 aliphatic heterocycles. The molecular formula is C32H35N5O6S. The molecule has 3 amide bonds. The molecule has 0 bridgehead atoms. The summed E-state index contributed by atoms with van der Waals surface area (Å²) in [4.78, 5) is 45.7. The molecule has 44 heavy (non-hydrogen) atoms. The molecule has 1 saturated heterocycles. The predicted molar refractivity (Wildman–Crippen MR) is 166 cm³/mol. The van der Waals surface area contributed by atoms with Gasteiger partial charge in [0.25, 0.3) is 5.89 Å². The fourth-order valence-corrected chi connectivity index (χ4v) is 6.77. The number of sulfone groups is 1. The van der Waals surface area contributed by atoms with Crippen molar-refractivity contribution < 1.29 is 27.2 Å². The number of oxazole rings is 1. The largest absolute Gasteiger partial charge is 0.434 e. The lowest BCUT2D eigenvalue weighted by molar-refractivity contribution is -0.120. The van der Waals surface area contributed by atoms with Gasteiger partial charge in [0.05, 0.1) is 11.7 Å². The van der Waals surface area contributed by atoms with Gasteiger partial charge in [-0.15, -0.1) is 0 Å². The number of amides is 3. The van der Waals surface area contributed by atoms with E-state index in [0.29, 0.717) is 48.4 Å². The molecule has 5 rings (SSSR count). The third-order valence-electron chi connectivity index (χ3n) is 7.53. The average molecular weight is 618 g/mol. The van der Waals surface area contributed by atoms with E-state index in [1.165, 1.54) is 0 Å². The molecule has 11 nitrogen and oxygen atoms in total. The number of carbonyl (C=O) groups excluding carboxylic acids is 3. The van der Waals surface area contributed by atoms with Crippen LogP contribution in [0.4, 0.5) is 4.79 Å². The van der Waals surface area contributed by atoms with Gasteiger partial charge in [-0.3, -0.25) is 9.59 Å². The topological polar surface area (TPSA) is 151 Å². The van der Waals surface area contributed by atoms with Crippen LogP contribution in [0.3, 0.4) is 0 Å². The van der Waals surface area contributed by atoms with Crippen LogP contribution in [0.25, 0.3) is 11.1 Å². The summed E-state index contributed by atoms with van der Waals surface area (Å²) in [5.41, 5.74) is 2.30. The van der Waals surface area contributed by atoms with Crippen molar-refractivity contribution in [2.24, 2.45) is 0 Å². The molecule has 3 N–H and O–H groups in total. The smallest absolute Gasteiger partial charge is 0.317 e. The van der Waals surface area contributed by atoms with Crippen LogP contribution in [0.15, 0.2) is 89.3 Å². The molecule has 2 atom stereocenters. The fraction of sp³-hybridized carbons (Fsp3) is 0.312. The van der Waals surface area contributed by atoms with E-state index in [1.54, 1.807) is 59.5 Å². The molecular weight excluding hydrogens is 582 g/mol. The summed E-state index contributed by atoms with van der Waals surface area (Å²) in [6, 6.07) is 24.3. The molecule has 1 aliphatic rings. The highest BCUT2D eigenvalue weighted by Crippen LogP contribution is 2.26. The van der Waals surface area contributed by atoms with Gasteiger partial charge in [0.1, 0.15) is 5.52 Å². The van der Waals surface area contributed by atoms with E-state index in [4.69, 9.17) is 4.42 Å². The highest BCUT2D eigenvalue weighted by atomic mass is 32.2. The summed E-state index contributed by atoms with van der Waals surface area (Å²) >= 11 is 0. The molecule has 2 unspecified atom stereocenters. The zero-order chi connectivity index (χ0) is 30.9. The number of Topliss-reactive ketones (excluding diaryl/α,β-unsaturated/α-hetero) is 1. The van der Waals surface area contributed by atoms with Crippen LogP contribution >= 0.6 is 0 Å². The van der Waals surface area contributed by atoms with E-state index in [9.17, 15) is 22.8 Å². The van der Waals surface area contributed by atoms with Gasteiger partial charge in [0.15, 0.2) is 20.7 Å².